The van der Waals surface area contributed by atoms with E-state index in [1.54, 1.807) is 18.3 Å². The van der Waals surface area contributed by atoms with E-state index in [1.807, 2.05) is 0 Å². The molecule has 1 aromatic rings. The minimum atomic E-state index is -0.124. The van der Waals surface area contributed by atoms with Crippen molar-refractivity contribution in [2.45, 2.75) is 53.0 Å². The van der Waals surface area contributed by atoms with E-state index in [1.165, 1.54) is 6.42 Å². The molecule has 4 heteroatoms. The number of halogens is 1. The molecule has 0 aliphatic heterocycles. The lowest BCUT2D eigenvalue weighted by Gasteiger charge is -2.45. The second kappa shape index (κ2) is 5.36. The summed E-state index contributed by atoms with van der Waals surface area (Å²) in [6.07, 6.45) is 4.77. The molecule has 1 fully saturated rings. The normalized spacial score (nSPS) is 21.4. The van der Waals surface area contributed by atoms with Crippen LogP contribution in [-0.2, 0) is 0 Å². The minimum Gasteiger partial charge on any atom is -0.349 e. The number of carbonyl (C=O) groups is 1. The molecule has 1 aliphatic rings. The third kappa shape index (κ3) is 3.72. The summed E-state index contributed by atoms with van der Waals surface area (Å²) in [6, 6.07) is 3.64. The zero-order chi connectivity index (χ0) is 15.0. The zero-order valence-electron chi connectivity index (χ0n) is 12.7. The van der Waals surface area contributed by atoms with Crippen molar-refractivity contribution >= 4 is 17.5 Å². The number of aromatic nitrogens is 1. The molecule has 2 rings (SSSR count). The van der Waals surface area contributed by atoms with Crippen molar-refractivity contribution in [3.8, 4) is 0 Å². The van der Waals surface area contributed by atoms with Crippen LogP contribution < -0.4 is 5.32 Å². The van der Waals surface area contributed by atoms with Crippen molar-refractivity contribution in [3.63, 3.8) is 0 Å². The second-order valence-corrected chi connectivity index (χ2v) is 7.78. The van der Waals surface area contributed by atoms with Crippen LogP contribution in [0.2, 0.25) is 5.15 Å². The molecule has 1 N–H and O–H groups in total. The summed E-state index contributed by atoms with van der Waals surface area (Å²) in [4.78, 5) is 16.3. The number of rotatable bonds is 2. The molecule has 0 unspecified atom stereocenters. The first-order valence-corrected chi connectivity index (χ1v) is 7.48. The summed E-state index contributed by atoms with van der Waals surface area (Å²) in [5, 5.41) is 3.39. The van der Waals surface area contributed by atoms with E-state index < -0.39 is 0 Å². The van der Waals surface area contributed by atoms with Crippen LogP contribution in [0.3, 0.4) is 0 Å². The third-order valence-corrected chi connectivity index (χ3v) is 4.20. The Bertz CT molecular complexity index is 495. The molecule has 1 saturated carbocycles. The van der Waals surface area contributed by atoms with Crippen molar-refractivity contribution in [1.29, 1.82) is 0 Å². The smallest absolute Gasteiger partial charge is 0.254 e. The van der Waals surface area contributed by atoms with E-state index in [0.717, 1.165) is 12.8 Å². The minimum absolute atomic E-state index is 0.124. The molecule has 0 saturated heterocycles. The van der Waals surface area contributed by atoms with Crippen LogP contribution in [0.25, 0.3) is 0 Å². The largest absolute Gasteiger partial charge is 0.349 e. The second-order valence-electron chi connectivity index (χ2n) is 7.43. The van der Waals surface area contributed by atoms with Gasteiger partial charge in [-0.05, 0) is 42.2 Å². The van der Waals surface area contributed by atoms with Crippen molar-refractivity contribution in [2.75, 3.05) is 0 Å². The number of pyridine rings is 1. The summed E-state index contributed by atoms with van der Waals surface area (Å²) >= 11 is 5.98. The predicted octanol–water partition coefficient (Wildman–Crippen LogP) is 4.07. The van der Waals surface area contributed by atoms with Crippen LogP contribution in [0.4, 0.5) is 0 Å². The predicted molar refractivity (Wildman–Crippen MR) is 81.9 cm³/mol. The molecule has 1 amide bonds. The lowest BCUT2D eigenvalue weighted by molar-refractivity contribution is 0.0713. The van der Waals surface area contributed by atoms with Gasteiger partial charge in [-0.25, -0.2) is 4.98 Å². The van der Waals surface area contributed by atoms with Crippen LogP contribution in [0, 0.1) is 10.8 Å². The van der Waals surface area contributed by atoms with Crippen molar-refractivity contribution < 1.29 is 4.79 Å². The fourth-order valence-electron chi connectivity index (χ4n) is 3.77. The first-order chi connectivity index (χ1) is 9.19. The molecule has 1 aliphatic carbocycles. The average molecular weight is 295 g/mol. The molecular weight excluding hydrogens is 272 g/mol. The lowest BCUT2D eigenvalue weighted by Crippen LogP contribution is -2.46. The Morgan fingerprint density at radius 2 is 1.90 bits per heavy atom. The van der Waals surface area contributed by atoms with Gasteiger partial charge in [0.1, 0.15) is 5.15 Å². The number of nitrogens with one attached hydrogen (secondary N) is 1. The van der Waals surface area contributed by atoms with Crippen LogP contribution in [0.5, 0.6) is 0 Å². The molecule has 0 radical (unpaired) electrons. The standard InChI is InChI=1S/C16H23ClN2O/c1-15(2)8-11(9-16(3,4)10-15)19-14(20)12-6-5-7-18-13(12)17/h5-7,11H,8-10H2,1-4H3,(H,19,20). The monoisotopic (exact) mass is 294 g/mol. The van der Waals surface area contributed by atoms with E-state index in [4.69, 9.17) is 11.6 Å². The van der Waals surface area contributed by atoms with Gasteiger partial charge in [0.05, 0.1) is 5.56 Å². The molecule has 1 aromatic heterocycles. The van der Waals surface area contributed by atoms with E-state index in [0.29, 0.717) is 5.56 Å². The quantitative estimate of drug-likeness (QED) is 0.836. The summed E-state index contributed by atoms with van der Waals surface area (Å²) in [6.45, 7) is 9.07. The Morgan fingerprint density at radius 1 is 1.30 bits per heavy atom. The van der Waals surface area contributed by atoms with Crippen LogP contribution >= 0.6 is 11.6 Å². The molecule has 110 valence electrons. The highest BCUT2D eigenvalue weighted by Crippen LogP contribution is 2.45. The van der Waals surface area contributed by atoms with Crippen molar-refractivity contribution in [2.24, 2.45) is 10.8 Å². The number of carbonyl (C=O) groups excluding carboxylic acids is 1. The molecular formula is C16H23ClN2O. The number of amides is 1. The molecule has 0 spiro atoms. The first-order valence-electron chi connectivity index (χ1n) is 7.10. The molecule has 3 nitrogen and oxygen atoms in total. The number of hydrogen-bond donors (Lipinski definition) is 1. The highest BCUT2D eigenvalue weighted by molar-refractivity contribution is 6.32. The molecule has 1 heterocycles. The summed E-state index contributed by atoms with van der Waals surface area (Å²) < 4.78 is 0. The van der Waals surface area contributed by atoms with Gasteiger partial charge < -0.3 is 5.32 Å². The maximum atomic E-state index is 12.3. The van der Waals surface area contributed by atoms with Gasteiger partial charge in [0.2, 0.25) is 0 Å². The highest BCUT2D eigenvalue weighted by atomic mass is 35.5. The Labute approximate surface area is 126 Å². The topological polar surface area (TPSA) is 42.0 Å². The van der Waals surface area contributed by atoms with Gasteiger partial charge in [-0.15, -0.1) is 0 Å². The molecule has 0 bridgehead atoms. The Kier molecular flexibility index (Phi) is 4.10. The van der Waals surface area contributed by atoms with E-state index >= 15 is 0 Å². The number of nitrogens with zero attached hydrogens (tertiary/aromatic N) is 1. The zero-order valence-corrected chi connectivity index (χ0v) is 13.4. The van der Waals surface area contributed by atoms with Crippen LogP contribution in [-0.4, -0.2) is 16.9 Å². The van der Waals surface area contributed by atoms with Gasteiger partial charge >= 0.3 is 0 Å². The highest BCUT2D eigenvalue weighted by Gasteiger charge is 2.39. The first kappa shape index (κ1) is 15.3. The summed E-state index contributed by atoms with van der Waals surface area (Å²) in [7, 11) is 0. The van der Waals surface area contributed by atoms with Gasteiger partial charge in [-0.2, -0.15) is 0 Å². The maximum absolute atomic E-state index is 12.3. The van der Waals surface area contributed by atoms with Crippen molar-refractivity contribution in [1.82, 2.24) is 10.3 Å². The summed E-state index contributed by atoms with van der Waals surface area (Å²) in [5.74, 6) is -0.124. The SMILES string of the molecule is CC1(C)CC(NC(=O)c2cccnc2Cl)CC(C)(C)C1. The average Bonchev–Trinajstić information content (AvgIpc) is 2.24. The van der Waals surface area contributed by atoms with Gasteiger partial charge in [-0.3, -0.25) is 4.79 Å². The van der Waals surface area contributed by atoms with Gasteiger partial charge in [0.15, 0.2) is 0 Å². The molecule has 20 heavy (non-hydrogen) atoms. The molecule has 0 aromatic carbocycles. The lowest BCUT2D eigenvalue weighted by atomic mass is 9.63. The number of hydrogen-bond acceptors (Lipinski definition) is 2. The summed E-state index contributed by atoms with van der Waals surface area (Å²) in [5.41, 5.74) is 0.951. The van der Waals surface area contributed by atoms with Gasteiger partial charge in [-0.1, -0.05) is 39.3 Å². The fourth-order valence-corrected chi connectivity index (χ4v) is 3.97. The van der Waals surface area contributed by atoms with E-state index in [9.17, 15) is 4.79 Å². The van der Waals surface area contributed by atoms with E-state index in [-0.39, 0.29) is 27.9 Å². The van der Waals surface area contributed by atoms with E-state index in [2.05, 4.69) is 38.0 Å². The van der Waals surface area contributed by atoms with Crippen LogP contribution in [0.1, 0.15) is 57.3 Å². The Hall–Kier alpha value is -1.09. The van der Waals surface area contributed by atoms with Crippen LogP contribution in [0.15, 0.2) is 18.3 Å². The maximum Gasteiger partial charge on any atom is 0.254 e. The fraction of sp³-hybridized carbons (Fsp3) is 0.625. The van der Waals surface area contributed by atoms with Gasteiger partial charge in [0.25, 0.3) is 5.91 Å². The third-order valence-electron chi connectivity index (χ3n) is 3.89. The Balaban J connectivity index is 2.10. The Morgan fingerprint density at radius 3 is 2.45 bits per heavy atom. The molecule has 0 atom stereocenters. The van der Waals surface area contributed by atoms with Crippen molar-refractivity contribution in [3.05, 3.63) is 29.0 Å². The van der Waals surface area contributed by atoms with Gasteiger partial charge in [0, 0.05) is 12.2 Å².